The Morgan fingerprint density at radius 1 is 1.62 bits per heavy atom. The summed E-state index contributed by atoms with van der Waals surface area (Å²) < 4.78 is 18.7. The fourth-order valence-corrected chi connectivity index (χ4v) is 1.63. The molecular formula is C9H9BrClFN2O2. The first kappa shape index (κ1) is 13.2. The highest BCUT2D eigenvalue weighted by Gasteiger charge is 2.12. The van der Waals surface area contributed by atoms with Crippen LogP contribution in [0.15, 0.2) is 16.6 Å². The number of halogens is 3. The topological polar surface area (TPSA) is 78.3 Å². The van der Waals surface area contributed by atoms with Crippen molar-refractivity contribution in [3.63, 3.8) is 0 Å². The smallest absolute Gasteiger partial charge is 0.237 e. The summed E-state index contributed by atoms with van der Waals surface area (Å²) in [5, 5.41) is -0.0292. The molecule has 0 aromatic heterocycles. The van der Waals surface area contributed by atoms with Gasteiger partial charge in [0.2, 0.25) is 5.91 Å². The molecule has 16 heavy (non-hydrogen) atoms. The van der Waals surface area contributed by atoms with Crippen molar-refractivity contribution < 1.29 is 13.9 Å². The fourth-order valence-electron chi connectivity index (χ4n) is 0.877. The number of ether oxygens (including phenoxy) is 1. The maximum Gasteiger partial charge on any atom is 0.237 e. The minimum absolute atomic E-state index is 0.0292. The van der Waals surface area contributed by atoms with E-state index in [9.17, 15) is 9.18 Å². The summed E-state index contributed by atoms with van der Waals surface area (Å²) in [6.45, 7) is -0.130. The predicted octanol–water partition coefficient (Wildman–Crippen LogP) is 1.43. The van der Waals surface area contributed by atoms with Gasteiger partial charge in [0.25, 0.3) is 0 Å². The maximum absolute atomic E-state index is 13.1. The van der Waals surface area contributed by atoms with Gasteiger partial charge in [0.15, 0.2) is 0 Å². The first-order valence-corrected chi connectivity index (χ1v) is 5.41. The van der Waals surface area contributed by atoms with E-state index in [0.29, 0.717) is 4.47 Å². The van der Waals surface area contributed by atoms with Gasteiger partial charge >= 0.3 is 0 Å². The summed E-state index contributed by atoms with van der Waals surface area (Å²) in [5.41, 5.74) is 10.3. The maximum atomic E-state index is 13.1. The zero-order chi connectivity index (χ0) is 12.3. The van der Waals surface area contributed by atoms with Crippen LogP contribution in [-0.4, -0.2) is 18.6 Å². The number of amides is 1. The quantitative estimate of drug-likeness (QED) is 0.826. The molecule has 0 aliphatic heterocycles. The number of rotatable bonds is 4. The van der Waals surface area contributed by atoms with Crippen molar-refractivity contribution in [2.45, 2.75) is 6.04 Å². The molecule has 88 valence electrons. The summed E-state index contributed by atoms with van der Waals surface area (Å²) in [5.74, 6) is -1.10. The van der Waals surface area contributed by atoms with Gasteiger partial charge in [-0.25, -0.2) is 4.39 Å². The number of primary amides is 1. The van der Waals surface area contributed by atoms with Crippen LogP contribution in [0, 0.1) is 5.82 Å². The van der Waals surface area contributed by atoms with Crippen molar-refractivity contribution in [2.24, 2.45) is 11.5 Å². The van der Waals surface area contributed by atoms with Crippen LogP contribution < -0.4 is 16.2 Å². The molecule has 1 aromatic rings. The molecule has 0 fully saturated rings. The van der Waals surface area contributed by atoms with Gasteiger partial charge in [0, 0.05) is 6.07 Å². The molecular weight excluding hydrogens is 302 g/mol. The lowest BCUT2D eigenvalue weighted by atomic mass is 10.3. The Morgan fingerprint density at radius 2 is 2.25 bits per heavy atom. The monoisotopic (exact) mass is 310 g/mol. The third kappa shape index (κ3) is 3.33. The van der Waals surface area contributed by atoms with Gasteiger partial charge in [-0.15, -0.1) is 0 Å². The molecule has 1 atom stereocenters. The molecule has 4 N–H and O–H groups in total. The largest absolute Gasteiger partial charge is 0.490 e. The van der Waals surface area contributed by atoms with Crippen LogP contribution in [-0.2, 0) is 4.79 Å². The molecule has 1 unspecified atom stereocenters. The molecule has 0 spiro atoms. The second-order valence-electron chi connectivity index (χ2n) is 3.02. The number of nitrogens with two attached hydrogens (primary N) is 2. The van der Waals surface area contributed by atoms with E-state index in [1.165, 1.54) is 6.07 Å². The van der Waals surface area contributed by atoms with Crippen molar-refractivity contribution in [2.75, 3.05) is 6.61 Å². The molecule has 1 amide bonds. The van der Waals surface area contributed by atoms with Gasteiger partial charge in [0.1, 0.15) is 24.2 Å². The van der Waals surface area contributed by atoms with Crippen molar-refractivity contribution in [3.8, 4) is 5.75 Å². The van der Waals surface area contributed by atoms with Crippen LogP contribution in [0.2, 0.25) is 5.02 Å². The Labute approximate surface area is 105 Å². The summed E-state index contributed by atoms with van der Waals surface area (Å²) in [6, 6.07) is 1.51. The molecule has 0 aliphatic rings. The fraction of sp³-hybridized carbons (Fsp3) is 0.222. The highest BCUT2D eigenvalue weighted by atomic mass is 79.9. The van der Waals surface area contributed by atoms with Gasteiger partial charge in [-0.1, -0.05) is 11.6 Å². The zero-order valence-electron chi connectivity index (χ0n) is 8.04. The van der Waals surface area contributed by atoms with Gasteiger partial charge in [-0.05, 0) is 22.0 Å². The second-order valence-corrected chi connectivity index (χ2v) is 4.28. The molecule has 0 saturated carbocycles. The molecule has 0 saturated heterocycles. The molecule has 7 heteroatoms. The molecule has 1 rings (SSSR count). The van der Waals surface area contributed by atoms with Crippen molar-refractivity contribution >= 4 is 33.4 Å². The van der Waals surface area contributed by atoms with Crippen LogP contribution in [0.25, 0.3) is 0 Å². The molecule has 0 radical (unpaired) electrons. The van der Waals surface area contributed by atoms with Gasteiger partial charge in [0.05, 0.1) is 9.50 Å². The molecule has 0 heterocycles. The summed E-state index contributed by atoms with van der Waals surface area (Å²) in [7, 11) is 0. The van der Waals surface area contributed by atoms with E-state index in [-0.39, 0.29) is 17.4 Å². The molecule has 0 aliphatic carbocycles. The van der Waals surface area contributed by atoms with Gasteiger partial charge in [-0.2, -0.15) is 0 Å². The highest BCUT2D eigenvalue weighted by Crippen LogP contribution is 2.30. The van der Waals surface area contributed by atoms with Crippen LogP contribution in [0.5, 0.6) is 5.75 Å². The van der Waals surface area contributed by atoms with Crippen molar-refractivity contribution in [3.05, 3.63) is 27.4 Å². The first-order chi connectivity index (χ1) is 7.41. The van der Waals surface area contributed by atoms with E-state index < -0.39 is 17.8 Å². The van der Waals surface area contributed by atoms with Gasteiger partial charge in [-0.3, -0.25) is 4.79 Å². The van der Waals surface area contributed by atoms with Crippen LogP contribution in [0.3, 0.4) is 0 Å². The van der Waals surface area contributed by atoms with Crippen LogP contribution in [0.4, 0.5) is 4.39 Å². The average molecular weight is 312 g/mol. The lowest BCUT2D eigenvalue weighted by Gasteiger charge is -2.11. The third-order valence-electron chi connectivity index (χ3n) is 1.76. The average Bonchev–Trinajstić information content (AvgIpc) is 2.20. The SMILES string of the molecule is NC(=O)C(N)COc1cc(F)c(Cl)cc1Br. The Bertz CT molecular complexity index is 417. The van der Waals surface area contributed by atoms with E-state index >= 15 is 0 Å². The minimum atomic E-state index is -0.939. The van der Waals surface area contributed by atoms with E-state index in [2.05, 4.69) is 15.9 Å². The zero-order valence-corrected chi connectivity index (χ0v) is 10.4. The summed E-state index contributed by atoms with van der Waals surface area (Å²) >= 11 is 8.68. The number of hydrogen-bond acceptors (Lipinski definition) is 3. The second kappa shape index (κ2) is 5.47. The van der Waals surface area contributed by atoms with E-state index in [1.807, 2.05) is 0 Å². The Hall–Kier alpha value is -0.850. The normalized spacial score (nSPS) is 12.2. The Morgan fingerprint density at radius 3 is 2.81 bits per heavy atom. The van der Waals surface area contributed by atoms with E-state index in [1.54, 1.807) is 0 Å². The highest BCUT2D eigenvalue weighted by molar-refractivity contribution is 9.10. The number of carbonyl (C=O) groups excluding carboxylic acids is 1. The molecule has 1 aromatic carbocycles. The predicted molar refractivity (Wildman–Crippen MR) is 61.8 cm³/mol. The van der Waals surface area contributed by atoms with Crippen molar-refractivity contribution in [1.82, 2.24) is 0 Å². The first-order valence-electron chi connectivity index (χ1n) is 4.24. The number of carbonyl (C=O) groups is 1. The van der Waals surface area contributed by atoms with Gasteiger partial charge < -0.3 is 16.2 Å². The Kier molecular flexibility index (Phi) is 4.52. The minimum Gasteiger partial charge on any atom is -0.490 e. The van der Waals surface area contributed by atoms with Crippen molar-refractivity contribution in [1.29, 1.82) is 0 Å². The van der Waals surface area contributed by atoms with Crippen LogP contribution in [0.1, 0.15) is 0 Å². The van der Waals surface area contributed by atoms with Crippen LogP contribution >= 0.6 is 27.5 Å². The molecule has 0 bridgehead atoms. The standard InChI is InChI=1S/C9H9BrClFN2O2/c10-4-1-5(11)6(12)2-8(4)16-3-7(13)9(14)15/h1-2,7H,3,13H2,(H2,14,15). The Balaban J connectivity index is 2.74. The number of benzene rings is 1. The lowest BCUT2D eigenvalue weighted by Crippen LogP contribution is -2.41. The molecule has 4 nitrogen and oxygen atoms in total. The summed E-state index contributed by atoms with van der Waals surface area (Å²) in [6.07, 6.45) is 0. The lowest BCUT2D eigenvalue weighted by molar-refractivity contribution is -0.119. The number of hydrogen-bond donors (Lipinski definition) is 2. The summed E-state index contributed by atoms with van der Waals surface area (Å²) in [4.78, 5) is 10.6. The van der Waals surface area contributed by atoms with E-state index in [4.69, 9.17) is 27.8 Å². The van der Waals surface area contributed by atoms with E-state index in [0.717, 1.165) is 6.07 Å². The third-order valence-corrected chi connectivity index (χ3v) is 2.67.